The summed E-state index contributed by atoms with van der Waals surface area (Å²) in [7, 11) is 0. The zero-order chi connectivity index (χ0) is 14.1. The molecule has 3 rings (SSSR count). The third-order valence-electron chi connectivity index (χ3n) is 3.05. The minimum Gasteiger partial charge on any atom is -0.421 e. The molecule has 2 aromatic rings. The Morgan fingerprint density at radius 1 is 1.15 bits per heavy atom. The van der Waals surface area contributed by atoms with Crippen LogP contribution in [0, 0.1) is 17.5 Å². The predicted octanol–water partition coefficient (Wildman–Crippen LogP) is 2.45. The summed E-state index contributed by atoms with van der Waals surface area (Å²) in [4.78, 5) is 0. The summed E-state index contributed by atoms with van der Waals surface area (Å²) in [5.74, 6) is -3.73. The van der Waals surface area contributed by atoms with E-state index in [2.05, 4.69) is 15.5 Å². The van der Waals surface area contributed by atoms with E-state index in [1.165, 1.54) is 12.8 Å². The zero-order valence-electron chi connectivity index (χ0n) is 10.5. The number of halogens is 3. The monoisotopic (exact) mass is 283 g/mol. The molecule has 1 N–H and O–H groups in total. The quantitative estimate of drug-likeness (QED) is 0.856. The molecule has 0 radical (unpaired) electrons. The largest absolute Gasteiger partial charge is 0.421 e. The molecule has 1 aliphatic rings. The van der Waals surface area contributed by atoms with Gasteiger partial charge in [0.25, 0.3) is 0 Å². The minimum absolute atomic E-state index is 0.0234. The molecule has 0 aliphatic heterocycles. The number of nitrogens with one attached hydrogen (secondary N) is 1. The first-order chi connectivity index (χ1) is 9.63. The summed E-state index contributed by atoms with van der Waals surface area (Å²) < 4.78 is 44.4. The first-order valence-corrected chi connectivity index (χ1v) is 6.34. The normalized spacial score (nSPS) is 14.8. The molecule has 1 saturated carbocycles. The molecule has 1 aromatic carbocycles. The van der Waals surface area contributed by atoms with Gasteiger partial charge in [0, 0.05) is 24.6 Å². The van der Waals surface area contributed by atoms with Crippen LogP contribution >= 0.6 is 0 Å². The molecule has 0 atom stereocenters. The fraction of sp³-hybridized carbons (Fsp3) is 0.385. The van der Waals surface area contributed by atoms with E-state index in [9.17, 15) is 13.2 Å². The van der Waals surface area contributed by atoms with Crippen molar-refractivity contribution < 1.29 is 17.6 Å². The van der Waals surface area contributed by atoms with Crippen LogP contribution < -0.4 is 5.32 Å². The molecule has 106 valence electrons. The highest BCUT2D eigenvalue weighted by Crippen LogP contribution is 2.23. The number of benzene rings is 1. The summed E-state index contributed by atoms with van der Waals surface area (Å²) in [6, 6.07) is 2.24. The van der Waals surface area contributed by atoms with Crippen molar-refractivity contribution in [1.82, 2.24) is 15.5 Å². The molecule has 0 unspecified atom stereocenters. The molecule has 1 fully saturated rings. The lowest BCUT2D eigenvalue weighted by Crippen LogP contribution is -2.19. The Balaban J connectivity index is 1.71. The average Bonchev–Trinajstić information content (AvgIpc) is 3.12. The van der Waals surface area contributed by atoms with Crippen LogP contribution in [0.5, 0.6) is 0 Å². The number of hydrogen-bond donors (Lipinski definition) is 1. The van der Waals surface area contributed by atoms with Gasteiger partial charge in [0.15, 0.2) is 17.5 Å². The van der Waals surface area contributed by atoms with Crippen molar-refractivity contribution >= 4 is 0 Å². The summed E-state index contributed by atoms with van der Waals surface area (Å²) in [5.41, 5.74) is 0.0234. The Kier molecular flexibility index (Phi) is 3.43. The molecule has 20 heavy (non-hydrogen) atoms. The maximum absolute atomic E-state index is 13.1. The smallest absolute Gasteiger partial charge is 0.247 e. The number of aromatic nitrogens is 2. The molecule has 0 saturated heterocycles. The van der Waals surface area contributed by atoms with Gasteiger partial charge in [0.1, 0.15) is 0 Å². The minimum atomic E-state index is -1.51. The molecule has 1 aromatic heterocycles. The maximum Gasteiger partial charge on any atom is 0.247 e. The first-order valence-electron chi connectivity index (χ1n) is 6.34. The van der Waals surface area contributed by atoms with Crippen LogP contribution in [-0.2, 0) is 6.42 Å². The van der Waals surface area contributed by atoms with E-state index in [-0.39, 0.29) is 11.5 Å². The predicted molar refractivity (Wildman–Crippen MR) is 64.3 cm³/mol. The topological polar surface area (TPSA) is 51.0 Å². The van der Waals surface area contributed by atoms with Gasteiger partial charge in [-0.3, -0.25) is 0 Å². The molecule has 4 nitrogen and oxygen atoms in total. The molecule has 0 bridgehead atoms. The van der Waals surface area contributed by atoms with Crippen molar-refractivity contribution in [3.05, 3.63) is 35.5 Å². The zero-order valence-corrected chi connectivity index (χ0v) is 10.5. The fourth-order valence-electron chi connectivity index (χ4n) is 1.82. The van der Waals surface area contributed by atoms with E-state index < -0.39 is 17.5 Å². The third kappa shape index (κ3) is 2.82. The summed E-state index contributed by atoms with van der Waals surface area (Å²) in [5, 5.41) is 10.8. The van der Waals surface area contributed by atoms with Crippen LogP contribution in [0.4, 0.5) is 13.2 Å². The second-order valence-corrected chi connectivity index (χ2v) is 4.73. The van der Waals surface area contributed by atoms with Gasteiger partial charge in [0.05, 0.1) is 0 Å². The Bertz CT molecular complexity index is 602. The Morgan fingerprint density at radius 3 is 2.50 bits per heavy atom. The standard InChI is InChI=1S/C13H12F3N3O/c14-9-5-7(6-10(15)12(9)16)13-19-18-11(20-13)3-4-17-8-1-2-8/h5-6,8,17H,1-4H2. The molecule has 0 amide bonds. The van der Waals surface area contributed by atoms with Crippen molar-refractivity contribution in [2.45, 2.75) is 25.3 Å². The molecule has 0 spiro atoms. The van der Waals surface area contributed by atoms with Gasteiger partial charge < -0.3 is 9.73 Å². The molecular weight excluding hydrogens is 271 g/mol. The highest BCUT2D eigenvalue weighted by atomic mass is 19.2. The van der Waals surface area contributed by atoms with Crippen molar-refractivity contribution in [3.8, 4) is 11.5 Å². The van der Waals surface area contributed by atoms with Gasteiger partial charge >= 0.3 is 0 Å². The third-order valence-corrected chi connectivity index (χ3v) is 3.05. The van der Waals surface area contributed by atoms with Crippen LogP contribution in [0.3, 0.4) is 0 Å². The van der Waals surface area contributed by atoms with E-state index in [1.807, 2.05) is 0 Å². The molecule has 7 heteroatoms. The summed E-state index contributed by atoms with van der Waals surface area (Å²) in [6.45, 7) is 0.707. The lowest BCUT2D eigenvalue weighted by molar-refractivity contribution is 0.446. The van der Waals surface area contributed by atoms with Gasteiger partial charge in [-0.2, -0.15) is 0 Å². The first kappa shape index (κ1) is 13.1. The van der Waals surface area contributed by atoms with Crippen LogP contribution in [0.15, 0.2) is 16.5 Å². The summed E-state index contributed by atoms with van der Waals surface area (Å²) >= 11 is 0. The number of hydrogen-bond acceptors (Lipinski definition) is 4. The fourth-order valence-corrected chi connectivity index (χ4v) is 1.82. The Hall–Kier alpha value is -1.89. The highest BCUT2D eigenvalue weighted by molar-refractivity contribution is 5.52. The Labute approximate surface area is 113 Å². The number of nitrogens with zero attached hydrogens (tertiary/aromatic N) is 2. The molecular formula is C13H12F3N3O. The highest BCUT2D eigenvalue weighted by Gasteiger charge is 2.20. The van der Waals surface area contributed by atoms with E-state index >= 15 is 0 Å². The van der Waals surface area contributed by atoms with Crippen LogP contribution in [-0.4, -0.2) is 22.8 Å². The SMILES string of the molecule is Fc1cc(-c2nnc(CCNC3CC3)o2)cc(F)c1F. The van der Waals surface area contributed by atoms with Gasteiger partial charge in [-0.15, -0.1) is 10.2 Å². The van der Waals surface area contributed by atoms with Gasteiger partial charge in [0.2, 0.25) is 11.8 Å². The van der Waals surface area contributed by atoms with Crippen molar-refractivity contribution in [2.24, 2.45) is 0 Å². The van der Waals surface area contributed by atoms with Crippen LogP contribution in [0.2, 0.25) is 0 Å². The van der Waals surface area contributed by atoms with E-state index in [0.29, 0.717) is 24.9 Å². The molecule has 1 aliphatic carbocycles. The lowest BCUT2D eigenvalue weighted by atomic mass is 10.2. The number of rotatable bonds is 5. The van der Waals surface area contributed by atoms with Crippen molar-refractivity contribution in [1.29, 1.82) is 0 Å². The maximum atomic E-state index is 13.1. The van der Waals surface area contributed by atoms with E-state index in [0.717, 1.165) is 12.1 Å². The van der Waals surface area contributed by atoms with Crippen LogP contribution in [0.1, 0.15) is 18.7 Å². The average molecular weight is 283 g/mol. The van der Waals surface area contributed by atoms with E-state index in [4.69, 9.17) is 4.42 Å². The van der Waals surface area contributed by atoms with Crippen molar-refractivity contribution in [2.75, 3.05) is 6.54 Å². The Morgan fingerprint density at radius 2 is 1.85 bits per heavy atom. The second-order valence-electron chi connectivity index (χ2n) is 4.73. The van der Waals surface area contributed by atoms with Crippen molar-refractivity contribution in [3.63, 3.8) is 0 Å². The summed E-state index contributed by atoms with van der Waals surface area (Å²) in [6.07, 6.45) is 2.90. The van der Waals surface area contributed by atoms with E-state index in [1.54, 1.807) is 0 Å². The lowest BCUT2D eigenvalue weighted by Gasteiger charge is -1.99. The van der Waals surface area contributed by atoms with Crippen LogP contribution in [0.25, 0.3) is 11.5 Å². The second kappa shape index (κ2) is 5.24. The van der Waals surface area contributed by atoms with Gasteiger partial charge in [-0.05, 0) is 25.0 Å². The van der Waals surface area contributed by atoms with Gasteiger partial charge in [-0.1, -0.05) is 0 Å². The molecule has 1 heterocycles. The van der Waals surface area contributed by atoms with Gasteiger partial charge in [-0.25, -0.2) is 13.2 Å².